The zero-order valence-corrected chi connectivity index (χ0v) is 21.1. The highest BCUT2D eigenvalue weighted by Gasteiger charge is 2.26. The fourth-order valence-electron chi connectivity index (χ4n) is 4.37. The Kier molecular flexibility index (Phi) is 7.73. The molecule has 0 amide bonds. The van der Waals surface area contributed by atoms with Gasteiger partial charge in [-0.15, -0.1) is 0 Å². The zero-order chi connectivity index (χ0) is 25.2. The molecule has 1 aromatic heterocycles. The van der Waals surface area contributed by atoms with E-state index in [4.69, 9.17) is 11.6 Å². The summed E-state index contributed by atoms with van der Waals surface area (Å²) in [7, 11) is -0.224. The standard InChI is InChI=1S/C24H28ClF2N5O2S/c1-32(2)23-17-5-3-4-6-21(17)30-24(31-23)28-13-15-7-9-16(10-8-15)14-29-35(33,34)22-11-18(25)19(26)12-20(22)27/h3-6,11-12,15-16,29H,7-10,13-14H2,1-2H3,(H,28,30,31)/t15-,16-. The third-order valence-corrected chi connectivity index (χ3v) is 8.08. The van der Waals surface area contributed by atoms with Crippen LogP contribution in [0.5, 0.6) is 0 Å². The van der Waals surface area contributed by atoms with Crippen LogP contribution in [0.4, 0.5) is 20.5 Å². The summed E-state index contributed by atoms with van der Waals surface area (Å²) in [4.78, 5) is 10.6. The predicted molar refractivity (Wildman–Crippen MR) is 134 cm³/mol. The van der Waals surface area contributed by atoms with Crippen molar-refractivity contribution in [3.63, 3.8) is 0 Å². The number of para-hydroxylation sites is 1. The number of hydrogen-bond donors (Lipinski definition) is 2. The van der Waals surface area contributed by atoms with Crippen molar-refractivity contribution in [3.8, 4) is 0 Å². The van der Waals surface area contributed by atoms with Crippen LogP contribution in [-0.2, 0) is 10.0 Å². The molecule has 11 heteroatoms. The molecule has 0 spiro atoms. The Labute approximate surface area is 209 Å². The number of sulfonamides is 1. The van der Waals surface area contributed by atoms with Crippen molar-refractivity contribution in [3.05, 3.63) is 53.1 Å². The van der Waals surface area contributed by atoms with Crippen LogP contribution >= 0.6 is 11.6 Å². The predicted octanol–water partition coefficient (Wildman–Crippen LogP) is 4.82. The lowest BCUT2D eigenvalue weighted by molar-refractivity contribution is 0.284. The van der Waals surface area contributed by atoms with Gasteiger partial charge in [0.25, 0.3) is 0 Å². The van der Waals surface area contributed by atoms with E-state index in [0.29, 0.717) is 17.9 Å². The van der Waals surface area contributed by atoms with Crippen molar-refractivity contribution in [2.75, 3.05) is 37.4 Å². The van der Waals surface area contributed by atoms with Crippen LogP contribution < -0.4 is 14.9 Å². The third kappa shape index (κ3) is 5.99. The molecular weight excluding hydrogens is 496 g/mol. The summed E-state index contributed by atoms with van der Waals surface area (Å²) in [5.41, 5.74) is 0.878. The van der Waals surface area contributed by atoms with Crippen LogP contribution in [0, 0.1) is 23.5 Å². The molecular formula is C24H28ClF2N5O2S. The second-order valence-electron chi connectivity index (χ2n) is 9.10. The summed E-state index contributed by atoms with van der Waals surface area (Å²) in [5.74, 6) is -0.175. The van der Waals surface area contributed by atoms with Gasteiger partial charge in [-0.3, -0.25) is 0 Å². The minimum absolute atomic E-state index is 0.136. The largest absolute Gasteiger partial charge is 0.362 e. The lowest BCUT2D eigenvalue weighted by Gasteiger charge is -2.28. The van der Waals surface area contributed by atoms with Crippen LogP contribution in [0.1, 0.15) is 25.7 Å². The molecule has 188 valence electrons. The SMILES string of the molecule is CN(C)c1nc(NC[C@H]2CC[C@H](CNS(=O)(=O)c3cc(Cl)c(F)cc3F)CC2)nc2ccccc12. The minimum atomic E-state index is -4.13. The average molecular weight is 524 g/mol. The first kappa shape index (κ1) is 25.5. The summed E-state index contributed by atoms with van der Waals surface area (Å²) in [6.07, 6.45) is 3.51. The van der Waals surface area contributed by atoms with Gasteiger partial charge in [0.2, 0.25) is 16.0 Å². The van der Waals surface area contributed by atoms with Crippen molar-refractivity contribution >= 4 is 44.3 Å². The molecule has 2 N–H and O–H groups in total. The van der Waals surface area contributed by atoms with E-state index in [0.717, 1.165) is 55.0 Å². The Morgan fingerprint density at radius 2 is 1.66 bits per heavy atom. The molecule has 3 aromatic rings. The summed E-state index contributed by atoms with van der Waals surface area (Å²) >= 11 is 5.63. The van der Waals surface area contributed by atoms with Crippen LogP contribution in [0.2, 0.25) is 5.02 Å². The van der Waals surface area contributed by atoms with E-state index in [9.17, 15) is 17.2 Å². The van der Waals surface area contributed by atoms with Crippen LogP contribution in [-0.4, -0.2) is 45.6 Å². The molecule has 1 aliphatic rings. The second-order valence-corrected chi connectivity index (χ2v) is 11.2. The number of hydrogen-bond acceptors (Lipinski definition) is 6. The Hall–Kier alpha value is -2.56. The van der Waals surface area contributed by atoms with Crippen molar-refractivity contribution in [2.24, 2.45) is 11.8 Å². The molecule has 35 heavy (non-hydrogen) atoms. The number of benzene rings is 2. The van der Waals surface area contributed by atoms with Gasteiger partial charge in [0.05, 0.1) is 10.5 Å². The first-order valence-electron chi connectivity index (χ1n) is 11.5. The smallest absolute Gasteiger partial charge is 0.243 e. The first-order chi connectivity index (χ1) is 16.6. The molecule has 7 nitrogen and oxygen atoms in total. The maximum Gasteiger partial charge on any atom is 0.243 e. The Morgan fingerprint density at radius 3 is 2.34 bits per heavy atom. The number of anilines is 2. The van der Waals surface area contributed by atoms with Crippen LogP contribution in [0.3, 0.4) is 0 Å². The summed E-state index contributed by atoms with van der Waals surface area (Å²) in [6.45, 7) is 0.917. The molecule has 0 bridgehead atoms. The van der Waals surface area contributed by atoms with Gasteiger partial charge in [-0.05, 0) is 55.7 Å². The average Bonchev–Trinajstić information content (AvgIpc) is 2.83. The fraction of sp³-hybridized carbons (Fsp3) is 0.417. The monoisotopic (exact) mass is 523 g/mol. The van der Waals surface area contributed by atoms with Gasteiger partial charge in [0, 0.05) is 38.6 Å². The van der Waals surface area contributed by atoms with Gasteiger partial charge in [0.15, 0.2) is 0 Å². The highest BCUT2D eigenvalue weighted by Crippen LogP contribution is 2.30. The number of halogens is 3. The van der Waals surface area contributed by atoms with Crippen LogP contribution in [0.25, 0.3) is 10.9 Å². The van der Waals surface area contributed by atoms with Crippen molar-refractivity contribution < 1.29 is 17.2 Å². The van der Waals surface area contributed by atoms with E-state index in [1.165, 1.54) is 0 Å². The van der Waals surface area contributed by atoms with Gasteiger partial charge < -0.3 is 10.2 Å². The minimum Gasteiger partial charge on any atom is -0.362 e. The maximum atomic E-state index is 14.0. The van der Waals surface area contributed by atoms with Crippen molar-refractivity contribution in [1.82, 2.24) is 14.7 Å². The normalized spacial score (nSPS) is 18.5. The molecule has 0 unspecified atom stereocenters. The van der Waals surface area contributed by atoms with E-state index in [-0.39, 0.29) is 12.5 Å². The second kappa shape index (κ2) is 10.6. The third-order valence-electron chi connectivity index (χ3n) is 6.35. The van der Waals surface area contributed by atoms with Crippen molar-refractivity contribution in [1.29, 1.82) is 0 Å². The lowest BCUT2D eigenvalue weighted by Crippen LogP contribution is -2.32. The molecule has 1 heterocycles. The maximum absolute atomic E-state index is 14.0. The molecule has 0 radical (unpaired) electrons. The first-order valence-corrected chi connectivity index (χ1v) is 13.3. The molecule has 1 saturated carbocycles. The Morgan fingerprint density at radius 1 is 1.00 bits per heavy atom. The number of nitrogens with zero attached hydrogens (tertiary/aromatic N) is 3. The topological polar surface area (TPSA) is 87.2 Å². The molecule has 0 saturated heterocycles. The molecule has 4 rings (SSSR count). The van der Waals surface area contributed by atoms with Crippen LogP contribution in [0.15, 0.2) is 41.3 Å². The number of aromatic nitrogens is 2. The van der Waals surface area contributed by atoms with Crippen molar-refractivity contribution in [2.45, 2.75) is 30.6 Å². The quantitative estimate of drug-likeness (QED) is 0.411. The van der Waals surface area contributed by atoms with E-state index in [2.05, 4.69) is 20.0 Å². The number of nitrogens with one attached hydrogen (secondary N) is 2. The Bertz CT molecular complexity index is 1310. The van der Waals surface area contributed by atoms with Gasteiger partial charge in [-0.25, -0.2) is 26.9 Å². The van der Waals surface area contributed by atoms with E-state index in [1.54, 1.807) is 0 Å². The molecule has 0 atom stereocenters. The van der Waals surface area contributed by atoms with E-state index >= 15 is 0 Å². The molecule has 1 aliphatic carbocycles. The number of fused-ring (bicyclic) bond motifs is 1. The summed E-state index contributed by atoms with van der Waals surface area (Å²) in [5, 5.41) is 3.92. The fourth-order valence-corrected chi connectivity index (χ4v) is 5.80. The molecule has 2 aromatic carbocycles. The zero-order valence-electron chi connectivity index (χ0n) is 19.6. The highest BCUT2D eigenvalue weighted by molar-refractivity contribution is 7.89. The van der Waals surface area contributed by atoms with E-state index in [1.807, 2.05) is 43.3 Å². The van der Waals surface area contributed by atoms with Gasteiger partial charge >= 0.3 is 0 Å². The van der Waals surface area contributed by atoms with Gasteiger partial charge in [0.1, 0.15) is 22.3 Å². The molecule has 0 aliphatic heterocycles. The van der Waals surface area contributed by atoms with Gasteiger partial charge in [-0.1, -0.05) is 23.7 Å². The summed E-state index contributed by atoms with van der Waals surface area (Å²) in [6, 6.07) is 9.17. The Balaban J connectivity index is 1.30. The van der Waals surface area contributed by atoms with E-state index < -0.39 is 31.6 Å². The lowest BCUT2D eigenvalue weighted by atomic mass is 9.82. The molecule has 1 fully saturated rings. The highest BCUT2D eigenvalue weighted by atomic mass is 35.5. The van der Waals surface area contributed by atoms with Gasteiger partial charge in [-0.2, -0.15) is 4.98 Å². The number of rotatable bonds is 8. The summed E-state index contributed by atoms with van der Waals surface area (Å²) < 4.78 is 54.8.